The number of halogens is 1. The van der Waals surface area contributed by atoms with Gasteiger partial charge in [-0.3, -0.25) is 4.79 Å². The molecule has 0 aromatic carbocycles. The Morgan fingerprint density at radius 2 is 2.35 bits per heavy atom. The van der Waals surface area contributed by atoms with Crippen LogP contribution in [0.25, 0.3) is 0 Å². The zero-order valence-corrected chi connectivity index (χ0v) is 12.1. The van der Waals surface area contributed by atoms with Gasteiger partial charge in [0.1, 0.15) is 0 Å². The highest BCUT2D eigenvalue weighted by Crippen LogP contribution is 2.25. The molecule has 0 saturated carbocycles. The van der Waals surface area contributed by atoms with Crippen molar-refractivity contribution in [3.05, 3.63) is 21.3 Å². The molecule has 0 saturated heterocycles. The Morgan fingerprint density at radius 1 is 1.59 bits per heavy atom. The van der Waals surface area contributed by atoms with Crippen LogP contribution in [0.2, 0.25) is 4.34 Å². The topological polar surface area (TPSA) is 40.5 Å². The average molecular weight is 294 g/mol. The van der Waals surface area contributed by atoms with Crippen LogP contribution in [-0.4, -0.2) is 41.9 Å². The minimum atomic E-state index is 0.103. The van der Waals surface area contributed by atoms with E-state index in [2.05, 4.69) is 0 Å². The summed E-state index contributed by atoms with van der Waals surface area (Å²) < 4.78 is 0.784. The molecule has 0 fully saturated rings. The van der Waals surface area contributed by atoms with Crippen molar-refractivity contribution in [2.75, 3.05) is 26.0 Å². The summed E-state index contributed by atoms with van der Waals surface area (Å²) in [5.41, 5.74) is 0. The highest BCUT2D eigenvalue weighted by Gasteiger charge is 2.08. The van der Waals surface area contributed by atoms with E-state index >= 15 is 0 Å². The van der Waals surface area contributed by atoms with Crippen LogP contribution in [0.4, 0.5) is 0 Å². The molecule has 0 bridgehead atoms. The van der Waals surface area contributed by atoms with Crippen molar-refractivity contribution >= 4 is 40.6 Å². The maximum atomic E-state index is 11.6. The van der Waals surface area contributed by atoms with E-state index < -0.39 is 0 Å². The predicted octanol–water partition coefficient (Wildman–Crippen LogP) is 2.48. The monoisotopic (exact) mass is 293 g/mol. The molecule has 1 aromatic heterocycles. The number of aliphatic hydroxyl groups excluding tert-OH is 1. The summed E-state index contributed by atoms with van der Waals surface area (Å²) in [5, 5.41) is 8.67. The largest absolute Gasteiger partial charge is 0.396 e. The second kappa shape index (κ2) is 7.97. The summed E-state index contributed by atoms with van der Waals surface area (Å²) >= 11 is 8.96. The normalized spacial score (nSPS) is 10.5. The fourth-order valence-corrected chi connectivity index (χ4v) is 3.37. The van der Waals surface area contributed by atoms with Crippen LogP contribution in [0.3, 0.4) is 0 Å². The summed E-state index contributed by atoms with van der Waals surface area (Å²) in [5.74, 6) is 1.39. The Labute approximate surface area is 115 Å². The molecule has 6 heteroatoms. The Bertz CT molecular complexity index is 357. The molecule has 1 rings (SSSR count). The van der Waals surface area contributed by atoms with Crippen molar-refractivity contribution in [3.63, 3.8) is 0 Å². The maximum absolute atomic E-state index is 11.6. The third-order valence-electron chi connectivity index (χ3n) is 2.18. The lowest BCUT2D eigenvalue weighted by atomic mass is 10.4. The van der Waals surface area contributed by atoms with E-state index in [1.165, 1.54) is 4.88 Å². The number of amides is 1. The molecule has 17 heavy (non-hydrogen) atoms. The zero-order chi connectivity index (χ0) is 12.7. The summed E-state index contributed by atoms with van der Waals surface area (Å²) in [6.45, 7) is 0.735. The summed E-state index contributed by atoms with van der Waals surface area (Å²) in [6, 6.07) is 3.86. The van der Waals surface area contributed by atoms with E-state index in [0.29, 0.717) is 18.7 Å². The number of aliphatic hydroxyl groups is 1. The van der Waals surface area contributed by atoms with Crippen LogP contribution in [0.1, 0.15) is 11.3 Å². The number of rotatable bonds is 7. The first kappa shape index (κ1) is 14.8. The van der Waals surface area contributed by atoms with Crippen LogP contribution in [0.15, 0.2) is 12.1 Å². The van der Waals surface area contributed by atoms with E-state index in [4.69, 9.17) is 16.7 Å². The van der Waals surface area contributed by atoms with E-state index in [9.17, 15) is 4.79 Å². The van der Waals surface area contributed by atoms with Gasteiger partial charge in [-0.1, -0.05) is 11.6 Å². The lowest BCUT2D eigenvalue weighted by molar-refractivity contribution is -0.127. The quantitative estimate of drug-likeness (QED) is 0.840. The van der Waals surface area contributed by atoms with Gasteiger partial charge in [0.25, 0.3) is 0 Å². The molecule has 1 N–H and O–H groups in total. The lowest BCUT2D eigenvalue weighted by Crippen LogP contribution is -2.29. The zero-order valence-electron chi connectivity index (χ0n) is 9.69. The average Bonchev–Trinajstić information content (AvgIpc) is 2.71. The molecule has 0 radical (unpaired) electrons. The van der Waals surface area contributed by atoms with Crippen molar-refractivity contribution < 1.29 is 9.90 Å². The van der Waals surface area contributed by atoms with Crippen LogP contribution in [-0.2, 0) is 10.5 Å². The molecule has 0 aliphatic carbocycles. The summed E-state index contributed by atoms with van der Waals surface area (Å²) in [4.78, 5) is 14.5. The van der Waals surface area contributed by atoms with Gasteiger partial charge in [0.2, 0.25) is 5.91 Å². The van der Waals surface area contributed by atoms with Gasteiger partial charge in [0, 0.05) is 30.8 Å². The van der Waals surface area contributed by atoms with Gasteiger partial charge in [-0.05, 0) is 18.6 Å². The van der Waals surface area contributed by atoms with Crippen molar-refractivity contribution in [3.8, 4) is 0 Å². The van der Waals surface area contributed by atoms with E-state index in [0.717, 1.165) is 10.1 Å². The van der Waals surface area contributed by atoms with Crippen molar-refractivity contribution in [1.82, 2.24) is 4.90 Å². The van der Waals surface area contributed by atoms with Gasteiger partial charge in [-0.2, -0.15) is 0 Å². The van der Waals surface area contributed by atoms with E-state index in [1.807, 2.05) is 12.1 Å². The number of hydrogen-bond donors (Lipinski definition) is 1. The number of thiophene rings is 1. The van der Waals surface area contributed by atoms with Gasteiger partial charge in [-0.25, -0.2) is 0 Å². The number of carbonyl (C=O) groups excluding carboxylic acids is 1. The molecular weight excluding hydrogens is 278 g/mol. The second-order valence-corrected chi connectivity index (χ2v) is 6.38. The van der Waals surface area contributed by atoms with Crippen molar-refractivity contribution in [2.24, 2.45) is 0 Å². The number of nitrogens with zero attached hydrogens (tertiary/aromatic N) is 1. The minimum Gasteiger partial charge on any atom is -0.396 e. The fourth-order valence-electron chi connectivity index (χ4n) is 1.21. The smallest absolute Gasteiger partial charge is 0.232 e. The first-order valence-corrected chi connectivity index (χ1v) is 7.65. The van der Waals surface area contributed by atoms with E-state index in [1.54, 1.807) is 35.0 Å². The first-order chi connectivity index (χ1) is 8.13. The Morgan fingerprint density at radius 3 is 2.94 bits per heavy atom. The molecule has 0 aliphatic heterocycles. The molecule has 1 amide bonds. The Kier molecular flexibility index (Phi) is 6.96. The van der Waals surface area contributed by atoms with Crippen molar-refractivity contribution in [1.29, 1.82) is 0 Å². The van der Waals surface area contributed by atoms with Crippen LogP contribution in [0.5, 0.6) is 0 Å². The molecule has 0 unspecified atom stereocenters. The number of hydrogen-bond acceptors (Lipinski definition) is 4. The highest BCUT2D eigenvalue weighted by molar-refractivity contribution is 7.99. The maximum Gasteiger partial charge on any atom is 0.232 e. The predicted molar refractivity (Wildman–Crippen MR) is 74.8 cm³/mol. The highest BCUT2D eigenvalue weighted by atomic mass is 35.5. The molecule has 1 aromatic rings. The van der Waals surface area contributed by atoms with Crippen LogP contribution < -0.4 is 0 Å². The van der Waals surface area contributed by atoms with Gasteiger partial charge in [0.05, 0.1) is 10.1 Å². The molecular formula is C11H16ClNO2S2. The standard InChI is InChI=1S/C11H16ClNO2S2/c1-13(5-2-6-14)11(15)8-16-7-9-3-4-10(12)17-9/h3-4,14H,2,5-8H2,1H3. The molecule has 0 atom stereocenters. The van der Waals surface area contributed by atoms with Gasteiger partial charge >= 0.3 is 0 Å². The summed E-state index contributed by atoms with van der Waals surface area (Å²) in [6.07, 6.45) is 0.632. The molecule has 1 heterocycles. The van der Waals surface area contributed by atoms with Crippen molar-refractivity contribution in [2.45, 2.75) is 12.2 Å². The number of thioether (sulfide) groups is 1. The Hall–Kier alpha value is -0.230. The fraction of sp³-hybridized carbons (Fsp3) is 0.545. The van der Waals surface area contributed by atoms with E-state index in [-0.39, 0.29) is 12.5 Å². The van der Waals surface area contributed by atoms with Gasteiger partial charge < -0.3 is 10.0 Å². The molecule has 3 nitrogen and oxygen atoms in total. The minimum absolute atomic E-state index is 0.103. The lowest BCUT2D eigenvalue weighted by Gasteiger charge is -2.15. The summed E-state index contributed by atoms with van der Waals surface area (Å²) in [7, 11) is 1.76. The third kappa shape index (κ3) is 5.77. The van der Waals surface area contributed by atoms with Gasteiger partial charge in [-0.15, -0.1) is 23.1 Å². The molecule has 0 aliphatic rings. The SMILES string of the molecule is CN(CCCO)C(=O)CSCc1ccc(Cl)s1. The van der Waals surface area contributed by atoms with Crippen LogP contribution in [0, 0.1) is 0 Å². The Balaban J connectivity index is 2.19. The number of carbonyl (C=O) groups is 1. The van der Waals surface area contributed by atoms with Crippen LogP contribution >= 0.6 is 34.7 Å². The van der Waals surface area contributed by atoms with Gasteiger partial charge in [0.15, 0.2) is 0 Å². The third-order valence-corrected chi connectivity index (χ3v) is 4.56. The first-order valence-electron chi connectivity index (χ1n) is 5.30. The molecule has 96 valence electrons. The molecule has 0 spiro atoms. The second-order valence-electron chi connectivity index (χ2n) is 3.59.